The normalized spacial score (nSPS) is 21.3. The van der Waals surface area contributed by atoms with Gasteiger partial charge in [0.1, 0.15) is 22.7 Å². The Balaban J connectivity index is 1.93. The number of hydrogen-bond acceptors (Lipinski definition) is 5. The smallest absolute Gasteiger partial charge is 0.408 e. The first kappa shape index (κ1) is 18.8. The number of benzene rings is 1. The summed E-state index contributed by atoms with van der Waals surface area (Å²) >= 11 is -1.36. The van der Waals surface area contributed by atoms with Crippen LogP contribution in [0, 0.1) is 0 Å². The first-order valence-corrected chi connectivity index (χ1v) is 9.01. The van der Waals surface area contributed by atoms with Crippen molar-refractivity contribution in [2.75, 3.05) is 13.2 Å². The Hall–Kier alpha value is -1.57. The van der Waals surface area contributed by atoms with Gasteiger partial charge in [-0.1, -0.05) is 34.7 Å². The van der Waals surface area contributed by atoms with Gasteiger partial charge >= 0.3 is 6.09 Å². The standard InChI is InChI=1S/C17H24N2O4S/c1-17(2,3)24(21)19-14-9-10-22-12-15(14)18-16(20)23-11-13-7-5-4-6-8-13/h4-8,15H,9-12H2,1-3H3,(H,18,20)/t15-,24?/m0/s1. The van der Waals surface area contributed by atoms with E-state index in [1.807, 2.05) is 51.1 Å². The lowest BCUT2D eigenvalue weighted by Crippen LogP contribution is -2.48. The first-order chi connectivity index (χ1) is 11.4. The van der Waals surface area contributed by atoms with E-state index < -0.39 is 28.2 Å². The lowest BCUT2D eigenvalue weighted by molar-refractivity contribution is 0.102. The molecule has 6 nitrogen and oxygen atoms in total. The van der Waals surface area contributed by atoms with E-state index in [0.29, 0.717) is 25.3 Å². The summed E-state index contributed by atoms with van der Waals surface area (Å²) in [6, 6.07) is 9.04. The molecule has 1 fully saturated rings. The van der Waals surface area contributed by atoms with E-state index >= 15 is 0 Å². The fourth-order valence-electron chi connectivity index (χ4n) is 2.03. The van der Waals surface area contributed by atoms with Crippen molar-refractivity contribution in [1.82, 2.24) is 5.32 Å². The zero-order valence-electron chi connectivity index (χ0n) is 14.3. The molecule has 0 radical (unpaired) electrons. The molecule has 132 valence electrons. The quantitative estimate of drug-likeness (QED) is 0.844. The molecule has 1 aromatic carbocycles. The van der Waals surface area contributed by atoms with Gasteiger partial charge in [-0.3, -0.25) is 0 Å². The third-order valence-corrected chi connectivity index (χ3v) is 4.87. The minimum absolute atomic E-state index is 0.195. The van der Waals surface area contributed by atoms with Crippen molar-refractivity contribution >= 4 is 23.2 Å². The van der Waals surface area contributed by atoms with Gasteiger partial charge < -0.3 is 19.3 Å². The van der Waals surface area contributed by atoms with Crippen molar-refractivity contribution in [3.05, 3.63) is 35.9 Å². The van der Waals surface area contributed by atoms with Crippen LogP contribution in [0.3, 0.4) is 0 Å². The monoisotopic (exact) mass is 352 g/mol. The number of carbonyl (C=O) groups is 1. The number of nitrogens with one attached hydrogen (secondary N) is 1. The predicted molar refractivity (Wildman–Crippen MR) is 94.3 cm³/mol. The minimum atomic E-state index is -1.36. The number of amides is 1. The van der Waals surface area contributed by atoms with Crippen LogP contribution in [0.5, 0.6) is 0 Å². The molecule has 0 spiro atoms. The summed E-state index contributed by atoms with van der Waals surface area (Å²) in [6.45, 7) is 6.61. The summed E-state index contributed by atoms with van der Waals surface area (Å²) in [6.07, 6.45) is 0.00874. The third-order valence-electron chi connectivity index (χ3n) is 3.42. The highest BCUT2D eigenvalue weighted by atomic mass is 32.2. The van der Waals surface area contributed by atoms with Gasteiger partial charge in [0.2, 0.25) is 0 Å². The largest absolute Gasteiger partial charge is 0.591 e. The SMILES string of the molecule is CC(C)(C)[S+]([O-])N=C1CCOC[C@@H]1NC(=O)OCc1ccccc1. The number of ether oxygens (including phenoxy) is 2. The van der Waals surface area contributed by atoms with Crippen molar-refractivity contribution in [2.45, 2.75) is 44.6 Å². The summed E-state index contributed by atoms with van der Waals surface area (Å²) in [7, 11) is 0. The molecule has 0 aliphatic carbocycles. The van der Waals surface area contributed by atoms with Gasteiger partial charge in [0, 0.05) is 6.42 Å². The molecule has 1 aromatic rings. The molecule has 1 heterocycles. The number of alkyl carbamates (subject to hydrolysis) is 1. The maximum Gasteiger partial charge on any atom is 0.408 e. The van der Waals surface area contributed by atoms with E-state index in [2.05, 4.69) is 9.71 Å². The second kappa shape index (κ2) is 8.50. The number of rotatable bonds is 4. The average Bonchev–Trinajstić information content (AvgIpc) is 2.55. The van der Waals surface area contributed by atoms with Crippen LogP contribution in [0.15, 0.2) is 34.7 Å². The van der Waals surface area contributed by atoms with Crippen molar-refractivity contribution in [3.8, 4) is 0 Å². The summed E-state index contributed by atoms with van der Waals surface area (Å²) in [5.74, 6) is 0. The van der Waals surface area contributed by atoms with E-state index in [4.69, 9.17) is 9.47 Å². The van der Waals surface area contributed by atoms with Crippen LogP contribution in [-0.2, 0) is 27.4 Å². The Morgan fingerprint density at radius 1 is 1.42 bits per heavy atom. The molecular weight excluding hydrogens is 328 g/mol. The van der Waals surface area contributed by atoms with Crippen LogP contribution in [0.2, 0.25) is 0 Å². The molecule has 7 heteroatoms. The Morgan fingerprint density at radius 3 is 2.79 bits per heavy atom. The van der Waals surface area contributed by atoms with E-state index in [0.717, 1.165) is 5.56 Å². The van der Waals surface area contributed by atoms with Crippen LogP contribution >= 0.6 is 0 Å². The van der Waals surface area contributed by atoms with Crippen molar-refractivity contribution in [3.63, 3.8) is 0 Å². The number of nitrogens with zero attached hydrogens (tertiary/aromatic N) is 1. The van der Waals surface area contributed by atoms with E-state index in [1.54, 1.807) is 0 Å². The molecule has 1 unspecified atom stereocenters. The van der Waals surface area contributed by atoms with Gasteiger partial charge in [-0.05, 0) is 26.3 Å². The predicted octanol–water partition coefficient (Wildman–Crippen LogP) is 2.60. The van der Waals surface area contributed by atoms with Crippen molar-refractivity contribution in [1.29, 1.82) is 0 Å². The maximum atomic E-state index is 12.2. The molecule has 2 rings (SSSR count). The maximum absolute atomic E-state index is 12.2. The van der Waals surface area contributed by atoms with E-state index in [-0.39, 0.29) is 6.61 Å². The zero-order valence-corrected chi connectivity index (χ0v) is 15.1. The van der Waals surface area contributed by atoms with Gasteiger partial charge in [-0.2, -0.15) is 0 Å². The molecule has 1 N–H and O–H groups in total. The summed E-state index contributed by atoms with van der Waals surface area (Å²) < 4.78 is 26.7. The highest BCUT2D eigenvalue weighted by Gasteiger charge is 2.31. The second-order valence-corrected chi connectivity index (χ2v) is 8.43. The Bertz CT molecular complexity index is 572. The van der Waals surface area contributed by atoms with Gasteiger partial charge in [-0.15, -0.1) is 0 Å². The van der Waals surface area contributed by atoms with Crippen LogP contribution in [0.25, 0.3) is 0 Å². The topological polar surface area (TPSA) is 83.0 Å². The van der Waals surface area contributed by atoms with Crippen LogP contribution in [0.1, 0.15) is 32.8 Å². The molecule has 1 aliphatic heterocycles. The summed E-state index contributed by atoms with van der Waals surface area (Å²) in [4.78, 5) is 12.0. The Labute approximate surface area is 146 Å². The van der Waals surface area contributed by atoms with Gasteiger partial charge in [0.05, 0.1) is 25.0 Å². The third kappa shape index (κ3) is 5.81. The molecule has 2 atom stereocenters. The Kier molecular flexibility index (Phi) is 6.65. The van der Waals surface area contributed by atoms with E-state index in [1.165, 1.54) is 0 Å². The lowest BCUT2D eigenvalue weighted by atomic mass is 10.1. The average molecular weight is 352 g/mol. The van der Waals surface area contributed by atoms with Gasteiger partial charge in [-0.25, -0.2) is 4.79 Å². The van der Waals surface area contributed by atoms with Crippen LogP contribution in [-0.4, -0.2) is 40.4 Å². The summed E-state index contributed by atoms with van der Waals surface area (Å²) in [5, 5.41) is 2.74. The molecule has 24 heavy (non-hydrogen) atoms. The molecular formula is C17H24N2O4S. The van der Waals surface area contributed by atoms with E-state index in [9.17, 15) is 9.35 Å². The highest BCUT2D eigenvalue weighted by Crippen LogP contribution is 2.19. The van der Waals surface area contributed by atoms with Crippen LogP contribution < -0.4 is 5.32 Å². The molecule has 0 bridgehead atoms. The number of hydrogen-bond donors (Lipinski definition) is 1. The molecule has 1 saturated heterocycles. The Morgan fingerprint density at radius 2 is 2.12 bits per heavy atom. The van der Waals surface area contributed by atoms with Gasteiger partial charge in [0.15, 0.2) is 0 Å². The van der Waals surface area contributed by atoms with Crippen molar-refractivity contribution in [2.24, 2.45) is 4.40 Å². The molecule has 1 aliphatic rings. The number of carbonyl (C=O) groups excluding carboxylic acids is 1. The zero-order chi connectivity index (χ0) is 17.6. The van der Waals surface area contributed by atoms with Crippen LogP contribution in [0.4, 0.5) is 4.79 Å². The fraction of sp³-hybridized carbons (Fsp3) is 0.529. The fourth-order valence-corrected chi connectivity index (χ4v) is 2.74. The molecule has 0 saturated carbocycles. The molecule has 1 amide bonds. The second-order valence-electron chi connectivity index (χ2n) is 6.53. The minimum Gasteiger partial charge on any atom is -0.591 e. The lowest BCUT2D eigenvalue weighted by Gasteiger charge is -2.26. The highest BCUT2D eigenvalue weighted by molar-refractivity contribution is 7.91. The first-order valence-electron chi connectivity index (χ1n) is 7.90. The van der Waals surface area contributed by atoms with Gasteiger partial charge in [0.25, 0.3) is 0 Å². The summed E-state index contributed by atoms with van der Waals surface area (Å²) in [5.41, 5.74) is 1.60. The van der Waals surface area contributed by atoms with Crippen molar-refractivity contribution < 1.29 is 18.8 Å². The molecule has 0 aromatic heterocycles.